The van der Waals surface area contributed by atoms with Gasteiger partial charge in [0.1, 0.15) is 0 Å². The first-order chi connectivity index (χ1) is 9.25. The fraction of sp³-hybridized carbons (Fsp3) is 0.588. The molecule has 0 bridgehead atoms. The van der Waals surface area contributed by atoms with Gasteiger partial charge in [0, 0.05) is 19.2 Å². The molecule has 3 heteroatoms. The van der Waals surface area contributed by atoms with E-state index in [2.05, 4.69) is 50.5 Å². The highest BCUT2D eigenvalue weighted by molar-refractivity contribution is 5.88. The maximum absolute atomic E-state index is 11.0. The summed E-state index contributed by atoms with van der Waals surface area (Å²) < 4.78 is 0. The number of hydrogen-bond acceptors (Lipinski definition) is 2. The largest absolute Gasteiger partial charge is 0.326 e. The summed E-state index contributed by atoms with van der Waals surface area (Å²) in [5, 5.41) is 6.33. The molecule has 1 aromatic rings. The van der Waals surface area contributed by atoms with Crippen LogP contribution in [0.5, 0.6) is 0 Å². The van der Waals surface area contributed by atoms with Gasteiger partial charge in [0.25, 0.3) is 0 Å². The number of carbonyl (C=O) groups excluding carboxylic acids is 1. The number of rotatable bonds is 5. The third kappa shape index (κ3) is 2.88. The zero-order valence-corrected chi connectivity index (χ0v) is 13.2. The summed E-state index contributed by atoms with van der Waals surface area (Å²) in [4.78, 5) is 11.0. The molecule has 0 aliphatic heterocycles. The summed E-state index contributed by atoms with van der Waals surface area (Å²) in [6.45, 7) is 12.9. The van der Waals surface area contributed by atoms with Gasteiger partial charge in [0.2, 0.25) is 5.91 Å². The van der Waals surface area contributed by atoms with Crippen LogP contribution < -0.4 is 10.6 Å². The van der Waals surface area contributed by atoms with E-state index < -0.39 is 0 Å². The highest BCUT2D eigenvalue weighted by atomic mass is 16.1. The van der Waals surface area contributed by atoms with Crippen molar-refractivity contribution in [3.05, 3.63) is 29.8 Å². The van der Waals surface area contributed by atoms with Crippen LogP contribution in [-0.4, -0.2) is 12.5 Å². The molecule has 0 aromatic heterocycles. The van der Waals surface area contributed by atoms with Gasteiger partial charge in [0.05, 0.1) is 0 Å². The minimum atomic E-state index is -0.0333. The molecule has 1 fully saturated rings. The Morgan fingerprint density at radius 1 is 1.10 bits per heavy atom. The first kappa shape index (κ1) is 15.0. The number of anilines is 1. The summed E-state index contributed by atoms with van der Waals surface area (Å²) in [7, 11) is 0. The number of amides is 1. The SMILES string of the molecule is CC(=O)Nc1ccc(CNCC2C(C)(C)C2(C)C)cc1. The summed E-state index contributed by atoms with van der Waals surface area (Å²) >= 11 is 0. The van der Waals surface area contributed by atoms with Crippen LogP contribution in [-0.2, 0) is 11.3 Å². The van der Waals surface area contributed by atoms with Crippen molar-refractivity contribution in [2.45, 2.75) is 41.2 Å². The zero-order valence-electron chi connectivity index (χ0n) is 13.2. The Bertz CT molecular complexity index is 474. The Morgan fingerprint density at radius 2 is 1.65 bits per heavy atom. The van der Waals surface area contributed by atoms with Gasteiger partial charge in [-0.05, 0) is 41.0 Å². The van der Waals surface area contributed by atoms with Crippen LogP contribution in [0.15, 0.2) is 24.3 Å². The fourth-order valence-electron chi connectivity index (χ4n) is 3.11. The Labute approximate surface area is 122 Å². The fourth-order valence-corrected chi connectivity index (χ4v) is 3.11. The monoisotopic (exact) mass is 274 g/mol. The number of carbonyl (C=O) groups is 1. The van der Waals surface area contributed by atoms with Gasteiger partial charge in [-0.2, -0.15) is 0 Å². The molecule has 2 N–H and O–H groups in total. The van der Waals surface area contributed by atoms with Gasteiger partial charge in [0.15, 0.2) is 0 Å². The van der Waals surface area contributed by atoms with Crippen molar-refractivity contribution in [2.75, 3.05) is 11.9 Å². The standard InChI is InChI=1S/C17H26N2O/c1-12(20)19-14-8-6-13(7-9-14)10-18-11-15-16(2,3)17(15,4)5/h6-9,15,18H,10-11H2,1-5H3,(H,19,20). The lowest BCUT2D eigenvalue weighted by atomic mass is 10.0. The van der Waals surface area contributed by atoms with Crippen LogP contribution >= 0.6 is 0 Å². The van der Waals surface area contributed by atoms with Gasteiger partial charge < -0.3 is 10.6 Å². The highest BCUT2D eigenvalue weighted by Gasteiger charge is 2.63. The van der Waals surface area contributed by atoms with E-state index in [1.165, 1.54) is 12.5 Å². The van der Waals surface area contributed by atoms with E-state index in [-0.39, 0.29) is 5.91 Å². The molecule has 0 heterocycles. The molecule has 1 saturated carbocycles. The van der Waals surface area contributed by atoms with E-state index >= 15 is 0 Å². The molecule has 110 valence electrons. The van der Waals surface area contributed by atoms with Crippen LogP contribution in [0.4, 0.5) is 5.69 Å². The van der Waals surface area contributed by atoms with Gasteiger partial charge in [-0.25, -0.2) is 0 Å². The third-order valence-corrected chi connectivity index (χ3v) is 5.27. The van der Waals surface area contributed by atoms with E-state index in [1.807, 2.05) is 12.1 Å². The average Bonchev–Trinajstić information content (AvgIpc) is 2.73. The van der Waals surface area contributed by atoms with Crippen molar-refractivity contribution in [1.82, 2.24) is 5.32 Å². The van der Waals surface area contributed by atoms with Crippen LogP contribution in [0.1, 0.15) is 40.2 Å². The van der Waals surface area contributed by atoms with E-state index in [4.69, 9.17) is 0 Å². The molecular formula is C17H26N2O. The second-order valence-corrected chi connectivity index (χ2v) is 7.00. The predicted molar refractivity (Wildman–Crippen MR) is 83.5 cm³/mol. The Balaban J connectivity index is 1.79. The van der Waals surface area contributed by atoms with Crippen molar-refractivity contribution in [3.63, 3.8) is 0 Å². The average molecular weight is 274 g/mol. The maximum Gasteiger partial charge on any atom is 0.221 e. The zero-order chi connectivity index (χ0) is 15.0. The molecular weight excluding hydrogens is 248 g/mol. The van der Waals surface area contributed by atoms with E-state index in [1.54, 1.807) is 0 Å². The van der Waals surface area contributed by atoms with Crippen molar-refractivity contribution < 1.29 is 4.79 Å². The Hall–Kier alpha value is -1.35. The van der Waals surface area contributed by atoms with Gasteiger partial charge >= 0.3 is 0 Å². The molecule has 0 unspecified atom stereocenters. The van der Waals surface area contributed by atoms with Crippen molar-refractivity contribution >= 4 is 11.6 Å². The van der Waals surface area contributed by atoms with Crippen molar-refractivity contribution in [3.8, 4) is 0 Å². The molecule has 1 aliphatic rings. The minimum Gasteiger partial charge on any atom is -0.326 e. The maximum atomic E-state index is 11.0. The molecule has 3 nitrogen and oxygen atoms in total. The molecule has 0 spiro atoms. The lowest BCUT2D eigenvalue weighted by molar-refractivity contribution is -0.114. The molecule has 1 aromatic carbocycles. The first-order valence-electron chi connectivity index (χ1n) is 7.32. The van der Waals surface area contributed by atoms with Crippen LogP contribution in [0, 0.1) is 16.7 Å². The van der Waals surface area contributed by atoms with Crippen molar-refractivity contribution in [1.29, 1.82) is 0 Å². The van der Waals surface area contributed by atoms with Crippen LogP contribution in [0.25, 0.3) is 0 Å². The Morgan fingerprint density at radius 3 is 2.10 bits per heavy atom. The quantitative estimate of drug-likeness (QED) is 0.864. The number of nitrogens with one attached hydrogen (secondary N) is 2. The molecule has 0 atom stereocenters. The van der Waals surface area contributed by atoms with Gasteiger partial charge in [-0.1, -0.05) is 39.8 Å². The minimum absolute atomic E-state index is 0.0333. The van der Waals surface area contributed by atoms with E-state index in [0.29, 0.717) is 10.8 Å². The molecule has 1 aliphatic carbocycles. The second kappa shape index (κ2) is 5.21. The lowest BCUT2D eigenvalue weighted by Crippen LogP contribution is -2.18. The normalized spacial score (nSPS) is 19.6. The second-order valence-electron chi connectivity index (χ2n) is 7.00. The summed E-state index contributed by atoms with van der Waals surface area (Å²) in [6, 6.07) is 8.01. The molecule has 1 amide bonds. The number of hydrogen-bond donors (Lipinski definition) is 2. The molecule has 20 heavy (non-hydrogen) atoms. The van der Waals surface area contributed by atoms with E-state index in [0.717, 1.165) is 24.7 Å². The smallest absolute Gasteiger partial charge is 0.221 e. The highest BCUT2D eigenvalue weighted by Crippen LogP contribution is 2.67. The Kier molecular flexibility index (Phi) is 3.92. The number of benzene rings is 1. The summed E-state index contributed by atoms with van der Waals surface area (Å²) in [5.41, 5.74) is 2.98. The van der Waals surface area contributed by atoms with Crippen LogP contribution in [0.2, 0.25) is 0 Å². The van der Waals surface area contributed by atoms with Crippen LogP contribution in [0.3, 0.4) is 0 Å². The van der Waals surface area contributed by atoms with Gasteiger partial charge in [-0.3, -0.25) is 4.79 Å². The first-order valence-corrected chi connectivity index (χ1v) is 7.32. The van der Waals surface area contributed by atoms with Gasteiger partial charge in [-0.15, -0.1) is 0 Å². The predicted octanol–water partition coefficient (Wildman–Crippen LogP) is 3.42. The summed E-state index contributed by atoms with van der Waals surface area (Å²) in [5.74, 6) is 0.711. The van der Waals surface area contributed by atoms with E-state index in [9.17, 15) is 4.79 Å². The third-order valence-electron chi connectivity index (χ3n) is 5.27. The molecule has 0 saturated heterocycles. The molecule has 0 radical (unpaired) electrons. The lowest BCUT2D eigenvalue weighted by Gasteiger charge is -2.07. The summed E-state index contributed by atoms with van der Waals surface area (Å²) in [6.07, 6.45) is 0. The topological polar surface area (TPSA) is 41.1 Å². The molecule has 2 rings (SSSR count). The van der Waals surface area contributed by atoms with Crippen molar-refractivity contribution in [2.24, 2.45) is 16.7 Å².